The zero-order chi connectivity index (χ0) is 22.1. The van der Waals surface area contributed by atoms with Crippen molar-refractivity contribution in [3.8, 4) is 0 Å². The molecule has 0 bridgehead atoms. The summed E-state index contributed by atoms with van der Waals surface area (Å²) >= 11 is 0. The molecule has 0 saturated carbocycles. The fourth-order valence-corrected chi connectivity index (χ4v) is 3.87. The van der Waals surface area contributed by atoms with Crippen LogP contribution in [0.15, 0.2) is 95.4 Å². The predicted molar refractivity (Wildman–Crippen MR) is 122 cm³/mol. The van der Waals surface area contributed by atoms with Crippen LogP contribution in [0.4, 0.5) is 10.1 Å². The highest BCUT2D eigenvalue weighted by Crippen LogP contribution is 2.33. The van der Waals surface area contributed by atoms with E-state index in [1.807, 2.05) is 48.5 Å². The molecule has 1 aromatic heterocycles. The maximum atomic E-state index is 13.3. The summed E-state index contributed by atoms with van der Waals surface area (Å²) < 4.78 is 19.1. The number of carbonyl (C=O) groups excluding carboxylic acids is 2. The van der Waals surface area contributed by atoms with Crippen LogP contribution in [0.1, 0.15) is 21.7 Å². The van der Waals surface area contributed by atoms with Crippen molar-refractivity contribution in [1.29, 1.82) is 0 Å². The first-order valence-corrected chi connectivity index (χ1v) is 10.2. The van der Waals surface area contributed by atoms with E-state index in [9.17, 15) is 14.0 Å². The third-order valence-corrected chi connectivity index (χ3v) is 5.40. The molecular formula is C27H18FNO3. The van der Waals surface area contributed by atoms with E-state index < -0.39 is 11.6 Å². The monoisotopic (exact) mass is 423 g/mol. The number of fused-ring (bicyclic) bond motifs is 2. The molecule has 0 spiro atoms. The van der Waals surface area contributed by atoms with Crippen molar-refractivity contribution in [1.82, 2.24) is 0 Å². The van der Waals surface area contributed by atoms with Gasteiger partial charge >= 0.3 is 0 Å². The molecule has 5 heteroatoms. The number of rotatable bonds is 5. The van der Waals surface area contributed by atoms with Crippen LogP contribution in [-0.4, -0.2) is 11.7 Å². The summed E-state index contributed by atoms with van der Waals surface area (Å²) in [6.07, 6.45) is 0.144. The summed E-state index contributed by atoms with van der Waals surface area (Å²) in [5.41, 5.74) is 1.97. The van der Waals surface area contributed by atoms with Gasteiger partial charge in [-0.3, -0.25) is 9.59 Å². The van der Waals surface area contributed by atoms with Gasteiger partial charge in [0.15, 0.2) is 5.76 Å². The van der Waals surface area contributed by atoms with Crippen molar-refractivity contribution in [3.05, 3.63) is 114 Å². The minimum Gasteiger partial charge on any atom is -0.450 e. The number of nitrogens with one attached hydrogen (secondary N) is 1. The quantitative estimate of drug-likeness (QED) is 0.346. The third-order valence-electron chi connectivity index (χ3n) is 5.40. The van der Waals surface area contributed by atoms with E-state index in [0.717, 1.165) is 16.3 Å². The number of amides is 1. The Morgan fingerprint density at radius 1 is 0.781 bits per heavy atom. The van der Waals surface area contributed by atoms with Crippen LogP contribution >= 0.6 is 0 Å². The molecule has 0 saturated heterocycles. The van der Waals surface area contributed by atoms with Gasteiger partial charge < -0.3 is 9.73 Å². The molecule has 4 nitrogen and oxygen atoms in total. The first-order chi connectivity index (χ1) is 15.6. The van der Waals surface area contributed by atoms with Gasteiger partial charge in [-0.05, 0) is 52.7 Å². The van der Waals surface area contributed by atoms with Crippen LogP contribution in [0.25, 0.3) is 21.7 Å². The third kappa shape index (κ3) is 3.65. The Balaban J connectivity index is 1.50. The Hall–Kier alpha value is -4.25. The molecule has 1 amide bonds. The Morgan fingerprint density at radius 2 is 1.47 bits per heavy atom. The molecular weight excluding hydrogens is 405 g/mol. The number of hydrogen-bond donors (Lipinski definition) is 1. The normalized spacial score (nSPS) is 11.0. The highest BCUT2D eigenvalue weighted by molar-refractivity contribution is 6.17. The second-order valence-electron chi connectivity index (χ2n) is 7.50. The minimum atomic E-state index is -0.435. The molecule has 0 aliphatic heterocycles. The second kappa shape index (κ2) is 8.12. The fourth-order valence-electron chi connectivity index (χ4n) is 3.87. The average Bonchev–Trinajstić information content (AvgIpc) is 3.17. The van der Waals surface area contributed by atoms with E-state index in [1.165, 1.54) is 24.3 Å². The number of carbonyl (C=O) groups is 2. The van der Waals surface area contributed by atoms with Gasteiger partial charge in [0.05, 0.1) is 12.1 Å². The molecule has 0 fully saturated rings. The number of anilines is 1. The van der Waals surface area contributed by atoms with Gasteiger partial charge in [-0.15, -0.1) is 0 Å². The zero-order valence-electron chi connectivity index (χ0n) is 17.0. The summed E-state index contributed by atoms with van der Waals surface area (Å²) in [7, 11) is 0. The van der Waals surface area contributed by atoms with Crippen LogP contribution in [0, 0.1) is 5.82 Å². The lowest BCUT2D eigenvalue weighted by atomic mass is 10.0. The zero-order valence-corrected chi connectivity index (χ0v) is 17.0. The molecule has 5 aromatic rings. The van der Waals surface area contributed by atoms with Gasteiger partial charge in [0.1, 0.15) is 11.4 Å². The summed E-state index contributed by atoms with van der Waals surface area (Å²) in [5.74, 6) is -1.11. The molecule has 4 aromatic carbocycles. The molecule has 0 radical (unpaired) electrons. The van der Waals surface area contributed by atoms with Crippen LogP contribution in [0.3, 0.4) is 0 Å². The first kappa shape index (κ1) is 19.7. The summed E-state index contributed by atoms with van der Waals surface area (Å²) in [5, 5.41) is 5.57. The van der Waals surface area contributed by atoms with Crippen LogP contribution in [0.5, 0.6) is 0 Å². The Bertz CT molecular complexity index is 1460. The van der Waals surface area contributed by atoms with E-state index >= 15 is 0 Å². The molecule has 32 heavy (non-hydrogen) atoms. The largest absolute Gasteiger partial charge is 0.450 e. The van der Waals surface area contributed by atoms with Gasteiger partial charge in [0.25, 0.3) is 0 Å². The van der Waals surface area contributed by atoms with Gasteiger partial charge in [0, 0.05) is 10.9 Å². The van der Waals surface area contributed by atoms with Gasteiger partial charge in [-0.2, -0.15) is 0 Å². The van der Waals surface area contributed by atoms with Crippen molar-refractivity contribution in [2.24, 2.45) is 0 Å². The summed E-state index contributed by atoms with van der Waals surface area (Å²) in [6.45, 7) is 0. The number of ketones is 1. The number of furan rings is 1. The van der Waals surface area contributed by atoms with Crippen LogP contribution < -0.4 is 5.32 Å². The van der Waals surface area contributed by atoms with E-state index in [2.05, 4.69) is 5.32 Å². The van der Waals surface area contributed by atoms with E-state index in [1.54, 1.807) is 18.2 Å². The van der Waals surface area contributed by atoms with Crippen molar-refractivity contribution in [2.75, 3.05) is 5.32 Å². The van der Waals surface area contributed by atoms with Gasteiger partial charge in [-0.1, -0.05) is 54.6 Å². The molecule has 0 aliphatic carbocycles. The van der Waals surface area contributed by atoms with E-state index in [4.69, 9.17) is 4.42 Å². The summed E-state index contributed by atoms with van der Waals surface area (Å²) in [4.78, 5) is 26.1. The topological polar surface area (TPSA) is 59.3 Å². The van der Waals surface area contributed by atoms with Crippen molar-refractivity contribution in [2.45, 2.75) is 6.42 Å². The van der Waals surface area contributed by atoms with Crippen LogP contribution in [0.2, 0.25) is 0 Å². The van der Waals surface area contributed by atoms with Gasteiger partial charge in [0.2, 0.25) is 11.7 Å². The molecule has 156 valence electrons. The Morgan fingerprint density at radius 3 is 2.28 bits per heavy atom. The number of halogens is 1. The van der Waals surface area contributed by atoms with Crippen molar-refractivity contribution < 1.29 is 18.4 Å². The van der Waals surface area contributed by atoms with E-state index in [0.29, 0.717) is 16.7 Å². The fraction of sp³-hybridized carbons (Fsp3) is 0.0370. The Kier molecular flexibility index (Phi) is 5.00. The van der Waals surface area contributed by atoms with Crippen molar-refractivity contribution >= 4 is 39.1 Å². The van der Waals surface area contributed by atoms with Crippen molar-refractivity contribution in [3.63, 3.8) is 0 Å². The highest BCUT2D eigenvalue weighted by atomic mass is 19.1. The molecule has 1 N–H and O–H groups in total. The van der Waals surface area contributed by atoms with Crippen LogP contribution in [-0.2, 0) is 11.2 Å². The number of para-hydroxylation sites is 1. The van der Waals surface area contributed by atoms with Gasteiger partial charge in [-0.25, -0.2) is 4.39 Å². The number of hydrogen-bond acceptors (Lipinski definition) is 3. The maximum absolute atomic E-state index is 13.3. The molecule has 0 aliphatic rings. The lowest BCUT2D eigenvalue weighted by Gasteiger charge is -2.09. The standard InChI is InChI=1S/C27H18FNO3/c28-20-14-12-18(13-15-20)26(31)27-25(22-10-3-4-11-23(22)32-27)29-24(30)16-19-8-5-7-17-6-1-2-9-21(17)19/h1-15H,16H2,(H,29,30). The Labute approximate surface area is 183 Å². The number of benzene rings is 4. The lowest BCUT2D eigenvalue weighted by molar-refractivity contribution is -0.115. The van der Waals surface area contributed by atoms with E-state index in [-0.39, 0.29) is 23.7 Å². The second-order valence-corrected chi connectivity index (χ2v) is 7.50. The minimum absolute atomic E-state index is 0.0177. The highest BCUT2D eigenvalue weighted by Gasteiger charge is 2.23. The predicted octanol–water partition coefficient (Wildman–Crippen LogP) is 6.14. The molecule has 0 unspecified atom stereocenters. The maximum Gasteiger partial charge on any atom is 0.230 e. The summed E-state index contributed by atoms with van der Waals surface area (Å²) in [6, 6.07) is 26.1. The molecule has 5 rings (SSSR count). The SMILES string of the molecule is O=C(Cc1cccc2ccccc12)Nc1c(C(=O)c2ccc(F)cc2)oc2ccccc12. The average molecular weight is 423 g/mol. The lowest BCUT2D eigenvalue weighted by Crippen LogP contribution is -2.16. The smallest absolute Gasteiger partial charge is 0.230 e. The molecule has 1 heterocycles. The first-order valence-electron chi connectivity index (χ1n) is 10.2. The molecule has 0 atom stereocenters.